The number of hydrogen-bond donors (Lipinski definition) is 1. The predicted molar refractivity (Wildman–Crippen MR) is 81.3 cm³/mol. The number of benzene rings is 1. The van der Waals surface area contributed by atoms with E-state index in [0.717, 1.165) is 19.5 Å². The van der Waals surface area contributed by atoms with Crippen molar-refractivity contribution in [1.82, 2.24) is 0 Å². The number of rotatable bonds is 1. The average Bonchev–Trinajstić information content (AvgIpc) is 2.71. The Hall–Kier alpha value is -1.35. The Labute approximate surface area is 121 Å². The topological polar surface area (TPSA) is 24.8 Å². The highest BCUT2D eigenvalue weighted by Gasteiger charge is 2.45. The molecule has 3 nitrogen and oxygen atoms in total. The number of quaternary nitrogens is 1. The van der Waals surface area contributed by atoms with Crippen molar-refractivity contribution >= 4 is 11.6 Å². The maximum atomic E-state index is 12.6. The van der Waals surface area contributed by atoms with E-state index >= 15 is 0 Å². The van der Waals surface area contributed by atoms with Crippen LogP contribution in [-0.4, -0.2) is 32.1 Å². The summed E-state index contributed by atoms with van der Waals surface area (Å²) in [6.45, 7) is 8.45. The minimum absolute atomic E-state index is 0.0647. The van der Waals surface area contributed by atoms with Gasteiger partial charge in [-0.2, -0.15) is 0 Å². The number of carbonyl (C=O) groups is 1. The predicted octanol–water partition coefficient (Wildman–Crippen LogP) is 1.37. The summed E-state index contributed by atoms with van der Waals surface area (Å²) >= 11 is 0. The molecule has 1 N–H and O–H groups in total. The van der Waals surface area contributed by atoms with Crippen molar-refractivity contribution in [2.75, 3.05) is 25.0 Å². The van der Waals surface area contributed by atoms with Crippen molar-refractivity contribution in [2.24, 2.45) is 5.92 Å². The summed E-state index contributed by atoms with van der Waals surface area (Å²) in [5.74, 6) is 0.860. The molecule has 0 spiro atoms. The Kier molecular flexibility index (Phi) is 3.33. The molecule has 0 aliphatic carbocycles. The van der Waals surface area contributed by atoms with Crippen molar-refractivity contribution in [3.63, 3.8) is 0 Å². The van der Waals surface area contributed by atoms with Crippen LogP contribution >= 0.6 is 0 Å². The maximum absolute atomic E-state index is 12.6. The van der Waals surface area contributed by atoms with Crippen LogP contribution in [0.3, 0.4) is 0 Å². The lowest BCUT2D eigenvalue weighted by atomic mass is 9.88. The number of nitrogens with one attached hydrogen (secondary N) is 1. The van der Waals surface area contributed by atoms with E-state index in [-0.39, 0.29) is 11.8 Å². The van der Waals surface area contributed by atoms with Gasteiger partial charge in [-0.1, -0.05) is 31.5 Å². The number of hydrogen-bond acceptors (Lipinski definition) is 1. The third-order valence-corrected chi connectivity index (χ3v) is 4.80. The highest BCUT2D eigenvalue weighted by Crippen LogP contribution is 2.43. The van der Waals surface area contributed by atoms with Crippen LogP contribution in [0.4, 0.5) is 5.69 Å². The molecule has 0 bridgehead atoms. The van der Waals surface area contributed by atoms with E-state index in [0.29, 0.717) is 12.0 Å². The van der Waals surface area contributed by atoms with E-state index in [1.807, 2.05) is 13.8 Å². The highest BCUT2D eigenvalue weighted by molar-refractivity contribution is 5.98. The molecule has 1 fully saturated rings. The third-order valence-electron chi connectivity index (χ3n) is 4.80. The van der Waals surface area contributed by atoms with E-state index in [4.69, 9.17) is 0 Å². The fourth-order valence-electron chi connectivity index (χ4n) is 3.76. The number of carbonyl (C=O) groups excluding carboxylic acids is 1. The van der Waals surface area contributed by atoms with Gasteiger partial charge in [-0.25, -0.2) is 0 Å². The van der Waals surface area contributed by atoms with Gasteiger partial charge >= 0.3 is 0 Å². The van der Waals surface area contributed by atoms with Crippen LogP contribution < -0.4 is 9.80 Å². The van der Waals surface area contributed by atoms with Crippen LogP contribution in [0.2, 0.25) is 0 Å². The van der Waals surface area contributed by atoms with E-state index in [2.05, 4.69) is 37.1 Å². The zero-order valence-electron chi connectivity index (χ0n) is 12.9. The Bertz CT molecular complexity index is 538. The van der Waals surface area contributed by atoms with Gasteiger partial charge in [0.1, 0.15) is 0 Å². The molecule has 2 aliphatic rings. The first-order chi connectivity index (χ1) is 9.49. The fraction of sp³-hybridized carbons (Fsp3) is 0.588. The van der Waals surface area contributed by atoms with Crippen molar-refractivity contribution in [1.29, 1.82) is 0 Å². The van der Waals surface area contributed by atoms with Gasteiger partial charge in [-0.05, 0) is 18.6 Å². The van der Waals surface area contributed by atoms with E-state index < -0.39 is 0 Å². The highest BCUT2D eigenvalue weighted by atomic mass is 16.2. The minimum atomic E-state index is 0.0647. The molecule has 1 aromatic rings. The number of anilines is 1. The van der Waals surface area contributed by atoms with Crippen LogP contribution in [0.1, 0.15) is 37.3 Å². The first-order valence-electron chi connectivity index (χ1n) is 7.74. The first-order valence-corrected chi connectivity index (χ1v) is 7.74. The molecular weight excluding hydrogens is 248 g/mol. The Morgan fingerprint density at radius 2 is 2.15 bits per heavy atom. The Morgan fingerprint density at radius 3 is 2.85 bits per heavy atom. The molecule has 2 aliphatic heterocycles. The molecule has 3 rings (SSSR count). The zero-order chi connectivity index (χ0) is 14.4. The molecule has 1 saturated heterocycles. The summed E-state index contributed by atoms with van der Waals surface area (Å²) in [5, 5.41) is 0. The van der Waals surface area contributed by atoms with Gasteiger partial charge in [0.2, 0.25) is 5.91 Å². The van der Waals surface area contributed by atoms with Crippen molar-refractivity contribution in [3.05, 3.63) is 29.3 Å². The van der Waals surface area contributed by atoms with E-state index in [1.165, 1.54) is 16.8 Å². The van der Waals surface area contributed by atoms with Crippen LogP contribution in [-0.2, 0) is 4.79 Å². The standard InChI is InChI=1S/C17H24N2O/c1-11(2)17(20)19-15-6-5-12(3)9-13(15)14-10-18(4)8-7-16(14)19/h5-6,9,11,14,16H,7-8,10H2,1-4H3/p+1. The molecule has 2 heterocycles. The smallest absolute Gasteiger partial charge is 0.229 e. The molecule has 3 unspecified atom stereocenters. The van der Waals surface area contributed by atoms with Crippen molar-refractivity contribution in [2.45, 2.75) is 39.2 Å². The second-order valence-electron chi connectivity index (χ2n) is 6.80. The van der Waals surface area contributed by atoms with Gasteiger partial charge in [0, 0.05) is 18.0 Å². The van der Waals surface area contributed by atoms with Gasteiger partial charge in [0.25, 0.3) is 0 Å². The van der Waals surface area contributed by atoms with Gasteiger partial charge in [-0.15, -0.1) is 0 Å². The van der Waals surface area contributed by atoms with E-state index in [1.54, 1.807) is 4.90 Å². The SMILES string of the molecule is Cc1ccc2c(c1)C1C[NH+](C)CCC1N2C(=O)C(C)C. The summed E-state index contributed by atoms with van der Waals surface area (Å²) < 4.78 is 0. The van der Waals surface area contributed by atoms with Crippen LogP contribution in [0.15, 0.2) is 18.2 Å². The third kappa shape index (κ3) is 2.05. The molecule has 0 saturated carbocycles. The summed E-state index contributed by atoms with van der Waals surface area (Å²) in [6, 6.07) is 6.95. The lowest BCUT2D eigenvalue weighted by molar-refractivity contribution is -0.886. The number of likely N-dealkylation sites (N-methyl/N-ethyl adjacent to an activating group) is 1. The molecule has 3 atom stereocenters. The maximum Gasteiger partial charge on any atom is 0.229 e. The molecule has 1 amide bonds. The quantitative estimate of drug-likeness (QED) is 0.821. The lowest BCUT2D eigenvalue weighted by Gasteiger charge is -2.35. The molecule has 3 heteroatoms. The molecule has 20 heavy (non-hydrogen) atoms. The number of nitrogens with zero attached hydrogens (tertiary/aromatic N) is 1. The molecule has 108 valence electrons. The van der Waals surface area contributed by atoms with Gasteiger partial charge < -0.3 is 9.80 Å². The summed E-state index contributed by atoms with van der Waals surface area (Å²) in [5.41, 5.74) is 3.85. The number of likely N-dealkylation sites (tertiary alicyclic amines) is 1. The first kappa shape index (κ1) is 13.6. The number of piperidine rings is 1. The van der Waals surface area contributed by atoms with Gasteiger partial charge in [0.15, 0.2) is 0 Å². The largest absolute Gasteiger partial charge is 0.337 e. The minimum Gasteiger partial charge on any atom is -0.337 e. The zero-order valence-corrected chi connectivity index (χ0v) is 12.9. The molecule has 0 aromatic heterocycles. The van der Waals surface area contributed by atoms with Gasteiger partial charge in [-0.3, -0.25) is 4.79 Å². The number of aryl methyl sites for hydroxylation is 1. The van der Waals surface area contributed by atoms with E-state index in [9.17, 15) is 4.79 Å². The summed E-state index contributed by atoms with van der Waals surface area (Å²) in [4.78, 5) is 16.3. The second kappa shape index (κ2) is 4.88. The summed E-state index contributed by atoms with van der Waals surface area (Å²) in [6.07, 6.45) is 1.11. The number of fused-ring (bicyclic) bond motifs is 3. The Morgan fingerprint density at radius 1 is 1.40 bits per heavy atom. The van der Waals surface area contributed by atoms with Crippen LogP contribution in [0.25, 0.3) is 0 Å². The van der Waals surface area contributed by atoms with Gasteiger partial charge in [0.05, 0.1) is 32.1 Å². The molecular formula is C17H25N2O+. The summed E-state index contributed by atoms with van der Waals surface area (Å²) in [7, 11) is 2.26. The average molecular weight is 273 g/mol. The fourth-order valence-corrected chi connectivity index (χ4v) is 3.76. The normalized spacial score (nSPS) is 28.4. The monoisotopic (exact) mass is 273 g/mol. The Balaban J connectivity index is 2.06. The van der Waals surface area contributed by atoms with Crippen molar-refractivity contribution < 1.29 is 9.69 Å². The van der Waals surface area contributed by atoms with Crippen molar-refractivity contribution in [3.8, 4) is 0 Å². The second-order valence-corrected chi connectivity index (χ2v) is 6.80. The van der Waals surface area contributed by atoms with Crippen LogP contribution in [0, 0.1) is 12.8 Å². The molecule has 1 aromatic carbocycles. The van der Waals surface area contributed by atoms with Crippen LogP contribution in [0.5, 0.6) is 0 Å². The lowest BCUT2D eigenvalue weighted by Crippen LogP contribution is -3.11. The molecule has 0 radical (unpaired) electrons. The number of amides is 1.